The third-order valence-corrected chi connectivity index (χ3v) is 3.89. The Bertz CT molecular complexity index is 763. The number of hydrogen-bond donors (Lipinski definition) is 0. The third kappa shape index (κ3) is 2.45. The summed E-state index contributed by atoms with van der Waals surface area (Å²) in [5.41, 5.74) is 4.32. The zero-order valence-electron chi connectivity index (χ0n) is 12.5. The van der Waals surface area contributed by atoms with Gasteiger partial charge in [0.15, 0.2) is 0 Å². The topological polar surface area (TPSA) is 63.5 Å². The van der Waals surface area contributed by atoms with Crippen LogP contribution in [0.25, 0.3) is 0 Å². The fourth-order valence-electron chi connectivity index (χ4n) is 2.95. The molecule has 1 heterocycles. The van der Waals surface area contributed by atoms with Crippen LogP contribution in [0.1, 0.15) is 27.0 Å². The molecule has 0 fully saturated rings. The first-order chi connectivity index (χ1) is 10.5. The second-order valence-electron chi connectivity index (χ2n) is 5.65. The molecule has 0 radical (unpaired) electrons. The highest BCUT2D eigenvalue weighted by atomic mass is 16.6. The molecule has 2 aromatic rings. The second kappa shape index (κ2) is 5.26. The summed E-state index contributed by atoms with van der Waals surface area (Å²) in [4.78, 5) is 24.9. The molecule has 0 aliphatic carbocycles. The van der Waals surface area contributed by atoms with Crippen LogP contribution in [0, 0.1) is 24.0 Å². The smallest absolute Gasteiger partial charge is 0.271 e. The van der Waals surface area contributed by atoms with Crippen LogP contribution < -0.4 is 4.90 Å². The van der Waals surface area contributed by atoms with Gasteiger partial charge in [0, 0.05) is 24.2 Å². The summed E-state index contributed by atoms with van der Waals surface area (Å²) in [6.45, 7) is 4.46. The second-order valence-corrected chi connectivity index (χ2v) is 5.65. The first-order valence-electron chi connectivity index (χ1n) is 7.13. The van der Waals surface area contributed by atoms with E-state index in [0.29, 0.717) is 17.8 Å². The van der Waals surface area contributed by atoms with Crippen molar-refractivity contribution in [1.82, 2.24) is 0 Å². The number of nitro benzene ring substituents is 1. The van der Waals surface area contributed by atoms with Crippen LogP contribution in [0.3, 0.4) is 0 Å². The van der Waals surface area contributed by atoms with Crippen LogP contribution in [0.5, 0.6) is 0 Å². The van der Waals surface area contributed by atoms with Crippen LogP contribution in [0.2, 0.25) is 0 Å². The number of amides is 1. The molecule has 0 aromatic heterocycles. The summed E-state index contributed by atoms with van der Waals surface area (Å²) in [5.74, 6) is -0.106. The minimum Gasteiger partial charge on any atom is -0.308 e. The van der Waals surface area contributed by atoms with Crippen LogP contribution in [0.4, 0.5) is 11.4 Å². The molecule has 3 rings (SSSR count). The highest BCUT2D eigenvalue weighted by Gasteiger charge is 2.27. The maximum Gasteiger partial charge on any atom is 0.271 e. The molecule has 1 aliphatic heterocycles. The van der Waals surface area contributed by atoms with Crippen molar-refractivity contribution in [3.05, 3.63) is 68.8 Å². The largest absolute Gasteiger partial charge is 0.308 e. The van der Waals surface area contributed by atoms with Crippen molar-refractivity contribution in [2.45, 2.75) is 20.3 Å². The quantitative estimate of drug-likeness (QED) is 0.630. The number of aryl methyl sites for hydroxylation is 2. The number of nitrogens with zero attached hydrogens (tertiary/aromatic N) is 2. The van der Waals surface area contributed by atoms with E-state index in [1.807, 2.05) is 32.0 Å². The predicted octanol–water partition coefficient (Wildman–Crippen LogP) is 3.41. The van der Waals surface area contributed by atoms with E-state index < -0.39 is 4.92 Å². The molecule has 1 aliphatic rings. The van der Waals surface area contributed by atoms with Crippen molar-refractivity contribution in [3.8, 4) is 0 Å². The van der Waals surface area contributed by atoms with Gasteiger partial charge in [0.25, 0.3) is 11.6 Å². The summed E-state index contributed by atoms with van der Waals surface area (Å²) in [6.07, 6.45) is 0.726. The number of nitro groups is 1. The Hall–Kier alpha value is -2.69. The maximum absolute atomic E-state index is 12.8. The van der Waals surface area contributed by atoms with Gasteiger partial charge >= 0.3 is 0 Å². The number of hydrogen-bond acceptors (Lipinski definition) is 3. The van der Waals surface area contributed by atoms with Crippen molar-refractivity contribution in [2.75, 3.05) is 11.4 Å². The molecule has 0 saturated carbocycles. The molecule has 0 spiro atoms. The van der Waals surface area contributed by atoms with Gasteiger partial charge in [-0.3, -0.25) is 14.9 Å². The highest BCUT2D eigenvalue weighted by molar-refractivity contribution is 6.07. The number of non-ortho nitro benzene ring substituents is 1. The van der Waals surface area contributed by atoms with Gasteiger partial charge in [-0.25, -0.2) is 0 Å². The summed E-state index contributed by atoms with van der Waals surface area (Å²) in [7, 11) is 0. The zero-order valence-corrected chi connectivity index (χ0v) is 12.5. The maximum atomic E-state index is 12.8. The standard InChI is InChI=1S/C17H16N2O3/c1-11-7-12(2)9-14(8-11)17(20)18-6-5-13-3-4-15(19(21)22)10-16(13)18/h3-4,7-10H,5-6H2,1-2H3. The molecule has 0 N–H and O–H groups in total. The molecule has 2 aromatic carbocycles. The van der Waals surface area contributed by atoms with Crippen molar-refractivity contribution < 1.29 is 9.72 Å². The molecular formula is C17H16N2O3. The number of rotatable bonds is 2. The van der Waals surface area contributed by atoms with Crippen LogP contribution >= 0.6 is 0 Å². The number of benzene rings is 2. The molecule has 0 saturated heterocycles. The van der Waals surface area contributed by atoms with Crippen molar-refractivity contribution in [3.63, 3.8) is 0 Å². The summed E-state index contributed by atoms with van der Waals surface area (Å²) < 4.78 is 0. The van der Waals surface area contributed by atoms with Gasteiger partial charge in [-0.1, -0.05) is 23.3 Å². The fraction of sp³-hybridized carbons (Fsp3) is 0.235. The first kappa shape index (κ1) is 14.3. The molecule has 0 bridgehead atoms. The van der Waals surface area contributed by atoms with Crippen LogP contribution in [-0.4, -0.2) is 17.4 Å². The average molecular weight is 296 g/mol. The average Bonchev–Trinajstić information content (AvgIpc) is 2.88. The van der Waals surface area contributed by atoms with E-state index in [1.165, 1.54) is 12.1 Å². The Morgan fingerprint density at radius 3 is 2.45 bits per heavy atom. The normalized spacial score (nSPS) is 13.1. The monoisotopic (exact) mass is 296 g/mol. The lowest BCUT2D eigenvalue weighted by molar-refractivity contribution is -0.384. The van der Waals surface area contributed by atoms with Crippen molar-refractivity contribution in [2.24, 2.45) is 0 Å². The van der Waals surface area contributed by atoms with E-state index in [-0.39, 0.29) is 11.6 Å². The Balaban J connectivity index is 2.00. The zero-order chi connectivity index (χ0) is 15.9. The molecule has 0 unspecified atom stereocenters. The van der Waals surface area contributed by atoms with Crippen LogP contribution in [-0.2, 0) is 6.42 Å². The lowest BCUT2D eigenvalue weighted by Crippen LogP contribution is -2.29. The van der Waals surface area contributed by atoms with E-state index in [4.69, 9.17) is 0 Å². The Morgan fingerprint density at radius 1 is 1.14 bits per heavy atom. The van der Waals surface area contributed by atoms with Gasteiger partial charge in [0.2, 0.25) is 0 Å². The Morgan fingerprint density at radius 2 is 1.82 bits per heavy atom. The molecule has 0 atom stereocenters. The lowest BCUT2D eigenvalue weighted by Gasteiger charge is -2.18. The molecule has 1 amide bonds. The van der Waals surface area contributed by atoms with Gasteiger partial charge < -0.3 is 4.90 Å². The SMILES string of the molecule is Cc1cc(C)cc(C(=O)N2CCc3ccc([N+](=O)[O-])cc32)c1. The van der Waals surface area contributed by atoms with Gasteiger partial charge in [-0.2, -0.15) is 0 Å². The summed E-state index contributed by atoms with van der Waals surface area (Å²) in [5, 5.41) is 10.9. The molecule has 5 heteroatoms. The number of carbonyl (C=O) groups excluding carboxylic acids is 1. The third-order valence-electron chi connectivity index (χ3n) is 3.89. The highest BCUT2D eigenvalue weighted by Crippen LogP contribution is 2.32. The Kier molecular flexibility index (Phi) is 3.41. The summed E-state index contributed by atoms with van der Waals surface area (Å²) in [6, 6.07) is 10.4. The van der Waals surface area contributed by atoms with Crippen LogP contribution in [0.15, 0.2) is 36.4 Å². The number of carbonyl (C=O) groups is 1. The number of fused-ring (bicyclic) bond motifs is 1. The van der Waals surface area contributed by atoms with Gasteiger partial charge in [0.1, 0.15) is 0 Å². The lowest BCUT2D eigenvalue weighted by atomic mass is 10.1. The number of anilines is 1. The van der Waals surface area contributed by atoms with Gasteiger partial charge in [-0.15, -0.1) is 0 Å². The van der Waals surface area contributed by atoms with Crippen molar-refractivity contribution in [1.29, 1.82) is 0 Å². The minimum absolute atomic E-state index is 0.0128. The predicted molar refractivity (Wildman–Crippen MR) is 84.4 cm³/mol. The van der Waals surface area contributed by atoms with E-state index in [2.05, 4.69) is 0 Å². The minimum atomic E-state index is -0.432. The Labute approximate surface area is 128 Å². The van der Waals surface area contributed by atoms with Gasteiger partial charge in [0.05, 0.1) is 10.6 Å². The van der Waals surface area contributed by atoms with E-state index in [0.717, 1.165) is 23.1 Å². The molecule has 112 valence electrons. The molecule has 5 nitrogen and oxygen atoms in total. The van der Waals surface area contributed by atoms with E-state index >= 15 is 0 Å². The van der Waals surface area contributed by atoms with E-state index in [1.54, 1.807) is 11.0 Å². The van der Waals surface area contributed by atoms with E-state index in [9.17, 15) is 14.9 Å². The van der Waals surface area contributed by atoms with Crippen molar-refractivity contribution >= 4 is 17.3 Å². The fourth-order valence-corrected chi connectivity index (χ4v) is 2.95. The molecule has 22 heavy (non-hydrogen) atoms. The van der Waals surface area contributed by atoms with Gasteiger partial charge in [-0.05, 0) is 38.0 Å². The summed E-state index contributed by atoms with van der Waals surface area (Å²) >= 11 is 0. The molecular weight excluding hydrogens is 280 g/mol. The first-order valence-corrected chi connectivity index (χ1v) is 7.13.